The molecule has 1 aliphatic rings. The predicted molar refractivity (Wildman–Crippen MR) is 147 cm³/mol. The number of benzene rings is 3. The molecule has 4 rings (SSSR count). The van der Waals surface area contributed by atoms with Gasteiger partial charge in [-0.1, -0.05) is 42.3 Å². The highest BCUT2D eigenvalue weighted by Gasteiger charge is 2.39. The molecule has 0 unspecified atom stereocenters. The first-order valence-electron chi connectivity index (χ1n) is 11.7. The number of ether oxygens (including phenoxy) is 1. The molecule has 38 heavy (non-hydrogen) atoms. The van der Waals surface area contributed by atoms with Gasteiger partial charge in [0.1, 0.15) is 10.7 Å². The van der Waals surface area contributed by atoms with Crippen molar-refractivity contribution in [1.29, 1.82) is 0 Å². The molecule has 1 heterocycles. The molecule has 194 valence electrons. The number of nitrogens with one attached hydrogen (secondary N) is 2. The molecule has 0 spiro atoms. The Morgan fingerprint density at radius 3 is 2.32 bits per heavy atom. The molecule has 0 bridgehead atoms. The van der Waals surface area contributed by atoms with Gasteiger partial charge in [-0.2, -0.15) is 0 Å². The minimum absolute atomic E-state index is 0.108. The first-order chi connectivity index (χ1) is 18.2. The molecule has 3 amide bonds. The summed E-state index contributed by atoms with van der Waals surface area (Å²) in [5, 5.41) is 5.77. The minimum atomic E-state index is -0.685. The van der Waals surface area contributed by atoms with Crippen molar-refractivity contribution in [2.75, 3.05) is 22.1 Å². The number of hydrogen-bond donors (Lipinski definition) is 2. The van der Waals surface area contributed by atoms with E-state index in [2.05, 4.69) is 10.6 Å². The van der Waals surface area contributed by atoms with E-state index in [1.54, 1.807) is 67.6 Å². The Hall–Kier alpha value is -4.14. The number of halogens is 2. The number of amides is 3. The van der Waals surface area contributed by atoms with E-state index in [9.17, 15) is 19.2 Å². The molecule has 0 aromatic heterocycles. The lowest BCUT2D eigenvalue weighted by Gasteiger charge is -2.16. The molecule has 0 aliphatic carbocycles. The number of anilines is 3. The van der Waals surface area contributed by atoms with Gasteiger partial charge in [0.25, 0.3) is 17.7 Å². The van der Waals surface area contributed by atoms with Crippen molar-refractivity contribution in [3.05, 3.63) is 99.2 Å². The van der Waals surface area contributed by atoms with E-state index in [4.69, 9.17) is 27.9 Å². The second kappa shape index (κ2) is 11.5. The molecule has 3 aromatic rings. The predicted octanol–water partition coefficient (Wildman–Crippen LogP) is 5.90. The number of carbonyl (C=O) groups excluding carboxylic acids is 4. The van der Waals surface area contributed by atoms with Crippen LogP contribution in [0.25, 0.3) is 0 Å². The maximum Gasteiger partial charge on any atom is 0.338 e. The smallest absolute Gasteiger partial charge is 0.338 e. The van der Waals surface area contributed by atoms with Gasteiger partial charge in [-0.25, -0.2) is 9.69 Å². The molecule has 0 saturated heterocycles. The van der Waals surface area contributed by atoms with Crippen molar-refractivity contribution < 1.29 is 23.9 Å². The van der Waals surface area contributed by atoms with Crippen molar-refractivity contribution >= 4 is 64.0 Å². The summed E-state index contributed by atoms with van der Waals surface area (Å²) in [6.45, 7) is 4.02. The Morgan fingerprint density at radius 1 is 0.921 bits per heavy atom. The number of aryl methyl sites for hydroxylation is 1. The highest BCUT2D eigenvalue weighted by Crippen LogP contribution is 2.32. The SMILES string of the molecule is CCCOC(=O)c1ccc(NC(=O)c2ccc(C)c(NC3=C(Cl)C(=O)N(c4cccc(Cl)c4)C3=O)c2)cc1. The zero-order chi connectivity index (χ0) is 27.4. The van der Waals surface area contributed by atoms with E-state index in [-0.39, 0.29) is 16.4 Å². The summed E-state index contributed by atoms with van der Waals surface area (Å²) in [6.07, 6.45) is 0.724. The van der Waals surface area contributed by atoms with Crippen LogP contribution < -0.4 is 15.5 Å². The van der Waals surface area contributed by atoms with E-state index < -0.39 is 23.7 Å². The van der Waals surface area contributed by atoms with Gasteiger partial charge in [0, 0.05) is 22.0 Å². The van der Waals surface area contributed by atoms with E-state index in [1.165, 1.54) is 6.07 Å². The summed E-state index contributed by atoms with van der Waals surface area (Å²) in [5.41, 5.74) is 2.48. The second-order valence-electron chi connectivity index (χ2n) is 8.44. The van der Waals surface area contributed by atoms with Crippen molar-refractivity contribution in [2.45, 2.75) is 20.3 Å². The zero-order valence-corrected chi connectivity index (χ0v) is 22.0. The number of imide groups is 1. The van der Waals surface area contributed by atoms with Gasteiger partial charge in [0.2, 0.25) is 0 Å². The van der Waals surface area contributed by atoms with Crippen molar-refractivity contribution in [3.8, 4) is 0 Å². The molecular weight excluding hydrogens is 529 g/mol. The molecule has 0 fully saturated rings. The molecule has 0 saturated carbocycles. The minimum Gasteiger partial charge on any atom is -0.462 e. The topological polar surface area (TPSA) is 105 Å². The molecule has 3 aromatic carbocycles. The summed E-state index contributed by atoms with van der Waals surface area (Å²) in [6, 6.07) is 17.5. The first kappa shape index (κ1) is 26.9. The summed E-state index contributed by atoms with van der Waals surface area (Å²) < 4.78 is 5.10. The van der Waals surface area contributed by atoms with Crippen LogP contribution in [0.2, 0.25) is 5.02 Å². The summed E-state index contributed by atoms with van der Waals surface area (Å²) in [7, 11) is 0. The van der Waals surface area contributed by atoms with Crippen LogP contribution in [0, 0.1) is 6.92 Å². The quantitative estimate of drug-likeness (QED) is 0.266. The van der Waals surface area contributed by atoms with Gasteiger partial charge in [-0.05, 0) is 73.5 Å². The molecule has 8 nitrogen and oxygen atoms in total. The standard InChI is InChI=1S/C28H23Cl2N3O5/c1-3-13-38-28(37)17-9-11-20(12-10-17)31-25(34)18-8-7-16(2)22(14-18)32-24-23(30)26(35)33(27(24)36)21-6-4-5-19(29)15-21/h4-12,14-15,32H,3,13H2,1-2H3,(H,31,34). The maximum absolute atomic E-state index is 13.1. The fourth-order valence-electron chi connectivity index (χ4n) is 3.66. The summed E-state index contributed by atoms with van der Waals surface area (Å²) in [5.74, 6) is -2.17. The Bertz CT molecular complexity index is 1470. The molecular formula is C28H23Cl2N3O5. The van der Waals surface area contributed by atoms with Gasteiger partial charge in [0.15, 0.2) is 0 Å². The van der Waals surface area contributed by atoms with Crippen LogP contribution in [-0.2, 0) is 14.3 Å². The number of rotatable bonds is 8. The van der Waals surface area contributed by atoms with Gasteiger partial charge < -0.3 is 15.4 Å². The number of esters is 1. The van der Waals surface area contributed by atoms with E-state index in [0.29, 0.717) is 34.1 Å². The second-order valence-corrected chi connectivity index (χ2v) is 9.25. The van der Waals surface area contributed by atoms with E-state index in [0.717, 1.165) is 16.9 Å². The maximum atomic E-state index is 13.1. The van der Waals surface area contributed by atoms with Crippen LogP contribution >= 0.6 is 23.2 Å². The zero-order valence-electron chi connectivity index (χ0n) is 20.5. The average molecular weight is 552 g/mol. The third-order valence-corrected chi connectivity index (χ3v) is 6.25. The van der Waals surface area contributed by atoms with Gasteiger partial charge >= 0.3 is 5.97 Å². The normalized spacial score (nSPS) is 13.1. The van der Waals surface area contributed by atoms with E-state index in [1.807, 2.05) is 6.92 Å². The van der Waals surface area contributed by atoms with Crippen LogP contribution in [0.4, 0.5) is 17.1 Å². The Kier molecular flexibility index (Phi) is 8.14. The molecule has 2 N–H and O–H groups in total. The fraction of sp³-hybridized carbons (Fsp3) is 0.143. The lowest BCUT2D eigenvalue weighted by molar-refractivity contribution is -0.120. The largest absolute Gasteiger partial charge is 0.462 e. The summed E-state index contributed by atoms with van der Waals surface area (Å²) >= 11 is 12.3. The third kappa shape index (κ3) is 5.72. The summed E-state index contributed by atoms with van der Waals surface area (Å²) in [4.78, 5) is 51.7. The number of carbonyl (C=O) groups is 4. The monoisotopic (exact) mass is 551 g/mol. The highest BCUT2D eigenvalue weighted by atomic mass is 35.5. The molecule has 0 atom stereocenters. The van der Waals surface area contributed by atoms with Gasteiger partial charge in [-0.15, -0.1) is 0 Å². The van der Waals surface area contributed by atoms with Crippen molar-refractivity contribution in [2.24, 2.45) is 0 Å². The van der Waals surface area contributed by atoms with E-state index >= 15 is 0 Å². The Balaban J connectivity index is 1.50. The molecule has 10 heteroatoms. The van der Waals surface area contributed by atoms with Crippen LogP contribution in [0.15, 0.2) is 77.5 Å². The highest BCUT2D eigenvalue weighted by molar-refractivity contribution is 6.53. The number of hydrogen-bond acceptors (Lipinski definition) is 6. The fourth-order valence-corrected chi connectivity index (χ4v) is 4.06. The van der Waals surface area contributed by atoms with Crippen molar-refractivity contribution in [3.63, 3.8) is 0 Å². The van der Waals surface area contributed by atoms with Crippen LogP contribution in [0.1, 0.15) is 39.6 Å². The molecule has 0 radical (unpaired) electrons. The third-order valence-electron chi connectivity index (χ3n) is 5.67. The number of nitrogens with zero attached hydrogens (tertiary/aromatic N) is 1. The van der Waals surface area contributed by atoms with Gasteiger partial charge in [0.05, 0.1) is 17.9 Å². The Labute approximate surface area is 229 Å². The molecule has 1 aliphatic heterocycles. The van der Waals surface area contributed by atoms with Crippen LogP contribution in [-0.4, -0.2) is 30.3 Å². The van der Waals surface area contributed by atoms with Crippen molar-refractivity contribution in [1.82, 2.24) is 0 Å². The Morgan fingerprint density at radius 2 is 1.63 bits per heavy atom. The van der Waals surface area contributed by atoms with Crippen LogP contribution in [0.3, 0.4) is 0 Å². The lowest BCUT2D eigenvalue weighted by Crippen LogP contribution is -2.32. The lowest BCUT2D eigenvalue weighted by atomic mass is 10.1. The first-order valence-corrected chi connectivity index (χ1v) is 12.5. The van der Waals surface area contributed by atoms with Gasteiger partial charge in [-0.3, -0.25) is 14.4 Å². The van der Waals surface area contributed by atoms with Crippen LogP contribution in [0.5, 0.6) is 0 Å². The average Bonchev–Trinajstić information content (AvgIpc) is 3.11.